The first-order valence-electron chi connectivity index (χ1n) is 6.32. The molecule has 0 unspecified atom stereocenters. The Kier molecular flexibility index (Phi) is 5.73. The predicted octanol–water partition coefficient (Wildman–Crippen LogP) is 5.23. The van der Waals surface area contributed by atoms with Crippen molar-refractivity contribution in [3.63, 3.8) is 0 Å². The zero-order valence-electron chi connectivity index (χ0n) is 11.6. The van der Waals surface area contributed by atoms with Gasteiger partial charge in [0.25, 0.3) is 0 Å². The summed E-state index contributed by atoms with van der Waals surface area (Å²) in [6.45, 7) is 4.68. The van der Waals surface area contributed by atoms with Crippen LogP contribution in [0.5, 0.6) is 11.5 Å². The molecule has 0 fully saturated rings. The van der Waals surface area contributed by atoms with E-state index in [2.05, 4.69) is 20.9 Å². The van der Waals surface area contributed by atoms with Crippen molar-refractivity contribution in [2.45, 2.75) is 13.8 Å². The van der Waals surface area contributed by atoms with Gasteiger partial charge in [-0.05, 0) is 59.6 Å². The number of aromatic nitrogens is 1. The van der Waals surface area contributed by atoms with Gasteiger partial charge in [-0.25, -0.2) is 4.98 Å². The summed E-state index contributed by atoms with van der Waals surface area (Å²) < 4.78 is 12.0. The van der Waals surface area contributed by atoms with Crippen LogP contribution in [0.15, 0.2) is 28.9 Å². The highest BCUT2D eigenvalue weighted by Gasteiger charge is 2.08. The highest BCUT2D eigenvalue weighted by atomic mass is 79.9. The van der Waals surface area contributed by atoms with E-state index in [1.165, 1.54) is 0 Å². The van der Waals surface area contributed by atoms with Crippen LogP contribution in [-0.2, 0) is 0 Å². The van der Waals surface area contributed by atoms with Crippen molar-refractivity contribution < 1.29 is 9.47 Å². The lowest BCUT2D eigenvalue weighted by Crippen LogP contribution is -2.10. The Balaban J connectivity index is 1.90. The highest BCUT2D eigenvalue weighted by Crippen LogP contribution is 2.29. The molecule has 21 heavy (non-hydrogen) atoms. The van der Waals surface area contributed by atoms with Crippen molar-refractivity contribution in [2.75, 3.05) is 13.2 Å². The molecule has 0 amide bonds. The van der Waals surface area contributed by atoms with Crippen molar-refractivity contribution in [3.8, 4) is 11.5 Å². The van der Waals surface area contributed by atoms with E-state index in [1.807, 2.05) is 19.9 Å². The smallest absolute Gasteiger partial charge is 0.155 e. The van der Waals surface area contributed by atoms with E-state index < -0.39 is 0 Å². The molecule has 2 rings (SSSR count). The Labute approximate surface area is 142 Å². The highest BCUT2D eigenvalue weighted by molar-refractivity contribution is 9.10. The SMILES string of the molecule is Cc1cc(C)c(OCCOc2ccc(Cl)cc2Cl)c(Br)n1. The molecule has 0 bridgehead atoms. The van der Waals surface area contributed by atoms with E-state index in [4.69, 9.17) is 32.7 Å². The second-order valence-corrected chi connectivity index (χ2v) is 6.07. The van der Waals surface area contributed by atoms with Crippen LogP contribution in [0.3, 0.4) is 0 Å². The molecule has 3 nitrogen and oxygen atoms in total. The summed E-state index contributed by atoms with van der Waals surface area (Å²) in [5.41, 5.74) is 1.97. The Morgan fingerprint density at radius 2 is 1.81 bits per heavy atom. The van der Waals surface area contributed by atoms with Crippen LogP contribution in [0.25, 0.3) is 0 Å². The average molecular weight is 391 g/mol. The Morgan fingerprint density at radius 1 is 1.10 bits per heavy atom. The minimum atomic E-state index is 0.376. The van der Waals surface area contributed by atoms with Crippen molar-refractivity contribution in [2.24, 2.45) is 0 Å². The molecule has 0 radical (unpaired) electrons. The number of pyridine rings is 1. The standard InChI is InChI=1S/C15H14BrCl2NO2/c1-9-7-10(2)19-15(16)14(9)21-6-5-20-13-4-3-11(17)8-12(13)18/h3-4,7-8H,5-6H2,1-2H3. The first kappa shape index (κ1) is 16.4. The third-order valence-electron chi connectivity index (χ3n) is 2.73. The van der Waals surface area contributed by atoms with Gasteiger partial charge < -0.3 is 9.47 Å². The van der Waals surface area contributed by atoms with Crippen LogP contribution in [0.4, 0.5) is 0 Å². The quantitative estimate of drug-likeness (QED) is 0.517. The van der Waals surface area contributed by atoms with E-state index in [1.54, 1.807) is 18.2 Å². The number of nitrogens with zero attached hydrogens (tertiary/aromatic N) is 1. The molecule has 1 aromatic carbocycles. The van der Waals surface area contributed by atoms with Gasteiger partial charge in [-0.15, -0.1) is 0 Å². The van der Waals surface area contributed by atoms with Gasteiger partial charge in [0.2, 0.25) is 0 Å². The van der Waals surface area contributed by atoms with E-state index in [0.29, 0.717) is 33.6 Å². The molecule has 0 saturated carbocycles. The molecular weight excluding hydrogens is 377 g/mol. The molecule has 0 saturated heterocycles. The topological polar surface area (TPSA) is 31.4 Å². The number of hydrogen-bond acceptors (Lipinski definition) is 3. The van der Waals surface area contributed by atoms with Gasteiger partial charge >= 0.3 is 0 Å². The van der Waals surface area contributed by atoms with Crippen LogP contribution >= 0.6 is 39.1 Å². The lowest BCUT2D eigenvalue weighted by Gasteiger charge is -2.12. The normalized spacial score (nSPS) is 10.5. The lowest BCUT2D eigenvalue weighted by molar-refractivity contribution is 0.215. The summed E-state index contributed by atoms with van der Waals surface area (Å²) in [6.07, 6.45) is 0. The number of ether oxygens (including phenoxy) is 2. The molecule has 2 aromatic rings. The van der Waals surface area contributed by atoms with Gasteiger partial charge in [-0.2, -0.15) is 0 Å². The number of halogens is 3. The monoisotopic (exact) mass is 389 g/mol. The Hall–Kier alpha value is -0.970. The maximum absolute atomic E-state index is 6.03. The number of rotatable bonds is 5. The van der Waals surface area contributed by atoms with Gasteiger partial charge in [-0.3, -0.25) is 0 Å². The molecular formula is C15H14BrCl2NO2. The Morgan fingerprint density at radius 3 is 2.48 bits per heavy atom. The summed E-state index contributed by atoms with van der Waals surface area (Å²) in [5.74, 6) is 1.31. The number of benzene rings is 1. The molecule has 0 N–H and O–H groups in total. The van der Waals surface area contributed by atoms with Crippen molar-refractivity contribution in [1.29, 1.82) is 0 Å². The van der Waals surface area contributed by atoms with Gasteiger partial charge in [0, 0.05) is 10.7 Å². The summed E-state index contributed by atoms with van der Waals surface area (Å²) in [4.78, 5) is 4.31. The molecule has 0 aliphatic carbocycles. The van der Waals surface area contributed by atoms with Crippen LogP contribution in [0.2, 0.25) is 10.0 Å². The van der Waals surface area contributed by atoms with Crippen LogP contribution in [0, 0.1) is 13.8 Å². The van der Waals surface area contributed by atoms with E-state index in [0.717, 1.165) is 17.0 Å². The molecule has 6 heteroatoms. The van der Waals surface area contributed by atoms with Crippen LogP contribution < -0.4 is 9.47 Å². The summed E-state index contributed by atoms with van der Waals surface area (Å²) >= 11 is 15.3. The molecule has 0 atom stereocenters. The first-order chi connectivity index (χ1) is 9.97. The summed E-state index contributed by atoms with van der Waals surface area (Å²) in [6, 6.07) is 7.08. The Bertz CT molecular complexity index is 627. The first-order valence-corrected chi connectivity index (χ1v) is 7.86. The fourth-order valence-electron chi connectivity index (χ4n) is 1.84. The molecule has 112 valence electrons. The van der Waals surface area contributed by atoms with Gasteiger partial charge in [0.1, 0.15) is 23.6 Å². The van der Waals surface area contributed by atoms with E-state index in [9.17, 15) is 0 Å². The molecule has 0 spiro atoms. The maximum Gasteiger partial charge on any atom is 0.155 e. The third-order valence-corrected chi connectivity index (χ3v) is 3.79. The molecule has 1 heterocycles. The van der Waals surface area contributed by atoms with E-state index >= 15 is 0 Å². The largest absolute Gasteiger partial charge is 0.488 e. The summed E-state index contributed by atoms with van der Waals surface area (Å²) in [7, 11) is 0. The number of aryl methyl sites for hydroxylation is 2. The zero-order chi connectivity index (χ0) is 15.4. The zero-order valence-corrected chi connectivity index (χ0v) is 14.7. The van der Waals surface area contributed by atoms with Crippen LogP contribution in [-0.4, -0.2) is 18.2 Å². The van der Waals surface area contributed by atoms with Crippen molar-refractivity contribution in [3.05, 3.63) is 50.2 Å². The molecule has 0 aliphatic heterocycles. The van der Waals surface area contributed by atoms with Gasteiger partial charge in [0.05, 0.1) is 5.02 Å². The van der Waals surface area contributed by atoms with Gasteiger partial charge in [-0.1, -0.05) is 23.2 Å². The van der Waals surface area contributed by atoms with Crippen molar-refractivity contribution in [1.82, 2.24) is 4.98 Å². The minimum absolute atomic E-state index is 0.376. The lowest BCUT2D eigenvalue weighted by atomic mass is 10.2. The van der Waals surface area contributed by atoms with E-state index in [-0.39, 0.29) is 0 Å². The predicted molar refractivity (Wildman–Crippen MR) is 88.9 cm³/mol. The van der Waals surface area contributed by atoms with Crippen molar-refractivity contribution >= 4 is 39.1 Å². The fraction of sp³-hybridized carbons (Fsp3) is 0.267. The minimum Gasteiger partial charge on any atom is -0.488 e. The number of hydrogen-bond donors (Lipinski definition) is 0. The maximum atomic E-state index is 6.03. The van der Waals surface area contributed by atoms with Gasteiger partial charge in [0.15, 0.2) is 5.75 Å². The second-order valence-electron chi connectivity index (χ2n) is 4.47. The average Bonchev–Trinajstić information content (AvgIpc) is 2.38. The molecule has 1 aromatic heterocycles. The third kappa shape index (κ3) is 4.50. The molecule has 0 aliphatic rings. The summed E-state index contributed by atoms with van der Waals surface area (Å²) in [5, 5.41) is 1.06. The van der Waals surface area contributed by atoms with Crippen LogP contribution in [0.1, 0.15) is 11.3 Å². The fourth-order valence-corrected chi connectivity index (χ4v) is 3.01. The second kappa shape index (κ2) is 7.34.